The van der Waals surface area contributed by atoms with E-state index in [4.69, 9.17) is 5.73 Å². The monoisotopic (exact) mass is 320 g/mol. The Morgan fingerprint density at radius 2 is 1.88 bits per heavy atom. The summed E-state index contributed by atoms with van der Waals surface area (Å²) in [6, 6.07) is 7.71. The lowest BCUT2D eigenvalue weighted by molar-refractivity contribution is -0.121. The van der Waals surface area contributed by atoms with E-state index >= 15 is 0 Å². The molecule has 5 heteroatoms. The molecule has 0 aliphatic carbocycles. The molecule has 0 aliphatic heterocycles. The SMILES string of the molecule is CC(C)(CN)NC(=O)Cc1ccc(Br)cc1.Cl. The number of carbonyl (C=O) groups is 1. The van der Waals surface area contributed by atoms with Crippen molar-refractivity contribution >= 4 is 34.2 Å². The molecule has 96 valence electrons. The van der Waals surface area contributed by atoms with Gasteiger partial charge in [0.15, 0.2) is 0 Å². The van der Waals surface area contributed by atoms with E-state index in [1.165, 1.54) is 0 Å². The summed E-state index contributed by atoms with van der Waals surface area (Å²) in [5.74, 6) is -0.00206. The van der Waals surface area contributed by atoms with Crippen molar-refractivity contribution in [3.63, 3.8) is 0 Å². The third-order valence-corrected chi connectivity index (χ3v) is 2.79. The largest absolute Gasteiger partial charge is 0.350 e. The summed E-state index contributed by atoms with van der Waals surface area (Å²) in [7, 11) is 0. The number of halogens is 2. The van der Waals surface area contributed by atoms with Crippen LogP contribution in [0, 0.1) is 0 Å². The molecule has 0 saturated carbocycles. The molecule has 0 heterocycles. The highest BCUT2D eigenvalue weighted by molar-refractivity contribution is 9.10. The highest BCUT2D eigenvalue weighted by Crippen LogP contribution is 2.11. The van der Waals surface area contributed by atoms with Crippen molar-refractivity contribution in [1.82, 2.24) is 5.32 Å². The van der Waals surface area contributed by atoms with Crippen molar-refractivity contribution < 1.29 is 4.79 Å². The molecule has 3 nitrogen and oxygen atoms in total. The molecule has 0 spiro atoms. The molecule has 0 radical (unpaired) electrons. The molecular formula is C12H18BrClN2O. The van der Waals surface area contributed by atoms with Crippen LogP contribution in [-0.4, -0.2) is 18.0 Å². The summed E-state index contributed by atoms with van der Waals surface area (Å²) >= 11 is 3.35. The summed E-state index contributed by atoms with van der Waals surface area (Å²) in [5, 5.41) is 2.89. The molecule has 3 N–H and O–H groups in total. The summed E-state index contributed by atoms with van der Waals surface area (Å²) in [4.78, 5) is 11.7. The lowest BCUT2D eigenvalue weighted by Crippen LogP contribution is -2.49. The Balaban J connectivity index is 0.00000256. The van der Waals surface area contributed by atoms with Crippen LogP contribution >= 0.6 is 28.3 Å². The number of carbonyl (C=O) groups excluding carboxylic acids is 1. The molecular weight excluding hydrogens is 304 g/mol. The van der Waals surface area contributed by atoms with Gasteiger partial charge in [0.05, 0.1) is 6.42 Å². The maximum absolute atomic E-state index is 11.7. The molecule has 0 atom stereocenters. The van der Waals surface area contributed by atoms with Crippen LogP contribution in [0.3, 0.4) is 0 Å². The quantitative estimate of drug-likeness (QED) is 0.894. The minimum atomic E-state index is -0.341. The maximum atomic E-state index is 11.7. The summed E-state index contributed by atoms with van der Waals surface area (Å²) in [6.45, 7) is 4.25. The van der Waals surface area contributed by atoms with E-state index in [-0.39, 0.29) is 23.9 Å². The zero-order valence-electron chi connectivity index (χ0n) is 10.00. The summed E-state index contributed by atoms with van der Waals surface area (Å²) in [5.41, 5.74) is 6.20. The van der Waals surface area contributed by atoms with Gasteiger partial charge in [0.1, 0.15) is 0 Å². The molecule has 0 fully saturated rings. The Morgan fingerprint density at radius 1 is 1.35 bits per heavy atom. The molecule has 1 rings (SSSR count). The van der Waals surface area contributed by atoms with Crippen LogP contribution in [0.1, 0.15) is 19.4 Å². The van der Waals surface area contributed by atoms with Gasteiger partial charge in [0.2, 0.25) is 5.91 Å². The number of nitrogens with one attached hydrogen (secondary N) is 1. The highest BCUT2D eigenvalue weighted by atomic mass is 79.9. The predicted molar refractivity (Wildman–Crippen MR) is 76.4 cm³/mol. The number of rotatable bonds is 4. The van der Waals surface area contributed by atoms with E-state index < -0.39 is 0 Å². The average molecular weight is 322 g/mol. The van der Waals surface area contributed by atoms with E-state index in [0.717, 1.165) is 10.0 Å². The number of nitrogens with two attached hydrogens (primary N) is 1. The number of hydrogen-bond donors (Lipinski definition) is 2. The first-order valence-electron chi connectivity index (χ1n) is 5.18. The second-order valence-electron chi connectivity index (χ2n) is 4.44. The van der Waals surface area contributed by atoms with Gasteiger partial charge in [-0.05, 0) is 31.5 Å². The van der Waals surface area contributed by atoms with Gasteiger partial charge in [-0.3, -0.25) is 4.79 Å². The van der Waals surface area contributed by atoms with Crippen LogP contribution in [0.2, 0.25) is 0 Å². The van der Waals surface area contributed by atoms with Crippen LogP contribution in [0.25, 0.3) is 0 Å². The first-order valence-corrected chi connectivity index (χ1v) is 5.98. The van der Waals surface area contributed by atoms with Crippen LogP contribution in [-0.2, 0) is 11.2 Å². The van der Waals surface area contributed by atoms with Crippen molar-refractivity contribution in [3.8, 4) is 0 Å². The van der Waals surface area contributed by atoms with Crippen molar-refractivity contribution in [3.05, 3.63) is 34.3 Å². The molecule has 0 bridgehead atoms. The average Bonchev–Trinajstić information content (AvgIpc) is 2.21. The zero-order chi connectivity index (χ0) is 12.2. The predicted octanol–water partition coefficient (Wildman–Crippen LogP) is 2.27. The highest BCUT2D eigenvalue weighted by Gasteiger charge is 2.17. The van der Waals surface area contributed by atoms with Gasteiger partial charge in [-0.1, -0.05) is 28.1 Å². The molecule has 0 aliphatic rings. The molecule has 17 heavy (non-hydrogen) atoms. The van der Waals surface area contributed by atoms with Gasteiger partial charge in [0.25, 0.3) is 0 Å². The van der Waals surface area contributed by atoms with Crippen molar-refractivity contribution in [1.29, 1.82) is 0 Å². The van der Waals surface area contributed by atoms with Gasteiger partial charge >= 0.3 is 0 Å². The Kier molecular flexibility index (Phi) is 6.75. The third-order valence-electron chi connectivity index (χ3n) is 2.27. The van der Waals surface area contributed by atoms with Crippen molar-refractivity contribution in [2.45, 2.75) is 25.8 Å². The Bertz CT molecular complexity index is 365. The number of benzene rings is 1. The maximum Gasteiger partial charge on any atom is 0.224 e. The minimum absolute atomic E-state index is 0. The zero-order valence-corrected chi connectivity index (χ0v) is 12.4. The first kappa shape index (κ1) is 16.4. The van der Waals surface area contributed by atoms with Gasteiger partial charge in [-0.15, -0.1) is 12.4 Å². The van der Waals surface area contributed by atoms with Crippen LogP contribution in [0.5, 0.6) is 0 Å². The topological polar surface area (TPSA) is 55.1 Å². The fraction of sp³-hybridized carbons (Fsp3) is 0.417. The van der Waals surface area contributed by atoms with Gasteiger partial charge in [-0.25, -0.2) is 0 Å². The number of amides is 1. The second kappa shape index (κ2) is 6.99. The summed E-state index contributed by atoms with van der Waals surface area (Å²) < 4.78 is 1.01. The fourth-order valence-electron chi connectivity index (χ4n) is 1.26. The molecule has 0 aromatic heterocycles. The van der Waals surface area contributed by atoms with E-state index in [0.29, 0.717) is 13.0 Å². The molecule has 0 saturated heterocycles. The van der Waals surface area contributed by atoms with Crippen molar-refractivity contribution in [2.75, 3.05) is 6.54 Å². The fourth-order valence-corrected chi connectivity index (χ4v) is 1.52. The smallest absolute Gasteiger partial charge is 0.224 e. The van der Waals surface area contributed by atoms with Crippen LogP contribution in [0.15, 0.2) is 28.7 Å². The standard InChI is InChI=1S/C12H17BrN2O.ClH/c1-12(2,8-14)15-11(16)7-9-3-5-10(13)6-4-9;/h3-6H,7-8,14H2,1-2H3,(H,15,16);1H. The van der Waals surface area contributed by atoms with E-state index in [1.54, 1.807) is 0 Å². The second-order valence-corrected chi connectivity index (χ2v) is 5.36. The number of hydrogen-bond acceptors (Lipinski definition) is 2. The Hall–Kier alpha value is -0.580. The van der Waals surface area contributed by atoms with Crippen LogP contribution in [0.4, 0.5) is 0 Å². The van der Waals surface area contributed by atoms with E-state index in [1.807, 2.05) is 38.1 Å². The van der Waals surface area contributed by atoms with Gasteiger partial charge in [0, 0.05) is 16.6 Å². The summed E-state index contributed by atoms with van der Waals surface area (Å²) in [6.07, 6.45) is 0.386. The Morgan fingerprint density at radius 3 is 2.35 bits per heavy atom. The lowest BCUT2D eigenvalue weighted by Gasteiger charge is -2.24. The van der Waals surface area contributed by atoms with Crippen LogP contribution < -0.4 is 11.1 Å². The van der Waals surface area contributed by atoms with Crippen molar-refractivity contribution in [2.24, 2.45) is 5.73 Å². The van der Waals surface area contributed by atoms with E-state index in [9.17, 15) is 4.79 Å². The third kappa shape index (κ3) is 6.05. The van der Waals surface area contributed by atoms with E-state index in [2.05, 4.69) is 21.2 Å². The lowest BCUT2D eigenvalue weighted by atomic mass is 10.1. The molecule has 1 amide bonds. The Labute approximate surface area is 117 Å². The normalized spacial score (nSPS) is 10.6. The molecule has 0 unspecified atom stereocenters. The first-order chi connectivity index (χ1) is 7.43. The minimum Gasteiger partial charge on any atom is -0.350 e. The van der Waals surface area contributed by atoms with Gasteiger partial charge < -0.3 is 11.1 Å². The molecule has 1 aromatic rings. The van der Waals surface area contributed by atoms with Gasteiger partial charge in [-0.2, -0.15) is 0 Å². The molecule has 1 aromatic carbocycles.